The number of carbonyl (C=O) groups excluding carboxylic acids is 1. The highest BCUT2D eigenvalue weighted by atomic mass is 16.7. The molecule has 2 fully saturated rings. The number of likely N-dealkylation sites (tertiary alicyclic amines) is 1. The van der Waals surface area contributed by atoms with Crippen molar-refractivity contribution in [1.82, 2.24) is 20.2 Å². The number of carbonyl (C=O) groups is 1. The molecule has 2 saturated heterocycles. The minimum absolute atomic E-state index is 0.0224. The van der Waals surface area contributed by atoms with E-state index in [4.69, 9.17) is 9.47 Å². The summed E-state index contributed by atoms with van der Waals surface area (Å²) in [7, 11) is 0. The van der Waals surface area contributed by atoms with Crippen molar-refractivity contribution in [3.8, 4) is 11.1 Å². The topological polar surface area (TPSA) is 96.8 Å². The minimum atomic E-state index is -0.512. The molecule has 0 saturated carbocycles. The molecule has 1 amide bonds. The van der Waals surface area contributed by atoms with Crippen LogP contribution in [0.1, 0.15) is 83.7 Å². The summed E-state index contributed by atoms with van der Waals surface area (Å²) < 4.78 is 13.4. The summed E-state index contributed by atoms with van der Waals surface area (Å²) in [5.74, 6) is -0.261. The number of nitrogens with zero attached hydrogens (tertiary/aromatic N) is 3. The fourth-order valence-electron chi connectivity index (χ4n) is 6.88. The van der Waals surface area contributed by atoms with Gasteiger partial charge >= 0.3 is 0 Å². The summed E-state index contributed by atoms with van der Waals surface area (Å²) in [5.41, 5.74) is 7.78. The molecular weight excluding hydrogens is 612 g/mol. The van der Waals surface area contributed by atoms with E-state index < -0.39 is 6.29 Å². The molecule has 0 bridgehead atoms. The van der Waals surface area contributed by atoms with Gasteiger partial charge in [-0.3, -0.25) is 9.78 Å². The molecule has 1 aromatic heterocycles. The number of ether oxygens (including phenoxy) is 2. The lowest BCUT2D eigenvalue weighted by Gasteiger charge is -2.39. The first-order chi connectivity index (χ1) is 24.1. The average Bonchev–Trinajstić information content (AvgIpc) is 3.15. The van der Waals surface area contributed by atoms with E-state index in [-0.39, 0.29) is 24.7 Å². The van der Waals surface area contributed by atoms with Crippen LogP contribution in [0.2, 0.25) is 0 Å². The van der Waals surface area contributed by atoms with Crippen LogP contribution in [0.15, 0.2) is 103 Å². The van der Waals surface area contributed by atoms with E-state index in [1.54, 1.807) is 0 Å². The number of amides is 1. The molecule has 3 heterocycles. The molecule has 5 aromatic rings. The van der Waals surface area contributed by atoms with E-state index in [2.05, 4.69) is 68.7 Å². The first kappa shape index (κ1) is 33.0. The number of benzene rings is 4. The average molecular weight is 657 g/mol. The smallest absolute Gasteiger partial charge is 0.271 e. The van der Waals surface area contributed by atoms with Gasteiger partial charge in [0.1, 0.15) is 5.69 Å². The number of fused-ring (bicyclic) bond motifs is 1. The second-order valence-corrected chi connectivity index (χ2v) is 13.2. The van der Waals surface area contributed by atoms with Crippen LogP contribution in [-0.4, -0.2) is 51.6 Å². The summed E-state index contributed by atoms with van der Waals surface area (Å²) >= 11 is 0. The fourth-order valence-corrected chi connectivity index (χ4v) is 6.88. The highest BCUT2D eigenvalue weighted by Crippen LogP contribution is 2.39. The molecule has 2 aliphatic heterocycles. The predicted molar refractivity (Wildman–Crippen MR) is 191 cm³/mol. The van der Waals surface area contributed by atoms with Crippen molar-refractivity contribution in [1.29, 1.82) is 0 Å². The summed E-state index contributed by atoms with van der Waals surface area (Å²) in [6, 6.07) is 32.2. The number of aromatic nitrogens is 2. The van der Waals surface area contributed by atoms with Gasteiger partial charge < -0.3 is 24.8 Å². The van der Waals surface area contributed by atoms with E-state index in [0.29, 0.717) is 17.8 Å². The number of para-hydroxylation sites is 2. The molecule has 8 heteroatoms. The standard InChI is InChI=1S/C41H44N4O4/c46-28-29-16-18-31(19-17-29)39-24-35(27-45-20-6-2-1-3-7-21-45)48-41(49-39)34-13-9-12-33(23-34)32-11-8-10-30(22-32)25-43-40(47)38-26-42-36-14-4-5-15-37(36)44-38/h4-5,8-19,22-23,26,35,39,41,46H,1-3,6-7,20-21,24-25,27-28H2,(H,43,47)/t35-,39+,41+/m0/s1. The van der Waals surface area contributed by atoms with Gasteiger partial charge in [-0.1, -0.05) is 92.1 Å². The molecular formula is C41H44N4O4. The molecule has 0 radical (unpaired) electrons. The van der Waals surface area contributed by atoms with Gasteiger partial charge in [-0.05, 0) is 78.0 Å². The first-order valence-corrected chi connectivity index (χ1v) is 17.5. The van der Waals surface area contributed by atoms with Crippen molar-refractivity contribution in [3.05, 3.63) is 131 Å². The zero-order chi connectivity index (χ0) is 33.4. The Labute approximate surface area is 288 Å². The third-order valence-corrected chi connectivity index (χ3v) is 9.58. The van der Waals surface area contributed by atoms with Crippen LogP contribution >= 0.6 is 0 Å². The van der Waals surface area contributed by atoms with Crippen molar-refractivity contribution in [3.63, 3.8) is 0 Å². The highest BCUT2D eigenvalue weighted by molar-refractivity contribution is 5.93. The zero-order valence-corrected chi connectivity index (χ0v) is 27.8. The molecule has 8 nitrogen and oxygen atoms in total. The minimum Gasteiger partial charge on any atom is -0.392 e. The SMILES string of the molecule is O=C(NCc1cccc(-c2cccc([C@@H]3O[C@H](CN4CCCCCCC4)C[C@H](c4ccc(CO)cc4)O3)c2)c1)c1cnc2ccccc2n1. The number of aliphatic hydroxyl groups excluding tert-OH is 1. The Morgan fingerprint density at radius 3 is 2.31 bits per heavy atom. The third kappa shape index (κ3) is 8.40. The van der Waals surface area contributed by atoms with Gasteiger partial charge in [0.05, 0.1) is 36.0 Å². The third-order valence-electron chi connectivity index (χ3n) is 9.58. The second-order valence-electron chi connectivity index (χ2n) is 13.2. The largest absolute Gasteiger partial charge is 0.392 e. The van der Waals surface area contributed by atoms with Crippen LogP contribution in [0.25, 0.3) is 22.2 Å². The van der Waals surface area contributed by atoms with Gasteiger partial charge in [-0.25, -0.2) is 4.98 Å². The Morgan fingerprint density at radius 2 is 1.51 bits per heavy atom. The predicted octanol–water partition coefficient (Wildman–Crippen LogP) is 7.53. The van der Waals surface area contributed by atoms with Crippen LogP contribution in [0.5, 0.6) is 0 Å². The number of rotatable bonds is 9. The van der Waals surface area contributed by atoms with Crippen LogP contribution in [0.4, 0.5) is 0 Å². The number of hydrogen-bond donors (Lipinski definition) is 2. The second kappa shape index (κ2) is 15.8. The van der Waals surface area contributed by atoms with Crippen LogP contribution in [0, 0.1) is 0 Å². The van der Waals surface area contributed by atoms with Gasteiger partial charge in [0, 0.05) is 25.1 Å². The summed E-state index contributed by atoms with van der Waals surface area (Å²) in [5, 5.41) is 12.6. The normalized spacial score (nSPS) is 20.4. The van der Waals surface area contributed by atoms with Gasteiger partial charge in [-0.2, -0.15) is 0 Å². The lowest BCUT2D eigenvalue weighted by atomic mass is 9.98. The van der Waals surface area contributed by atoms with Crippen LogP contribution < -0.4 is 5.32 Å². The number of nitrogens with one attached hydrogen (secondary N) is 1. The van der Waals surface area contributed by atoms with Gasteiger partial charge in [0.2, 0.25) is 0 Å². The quantitative estimate of drug-likeness (QED) is 0.169. The maximum Gasteiger partial charge on any atom is 0.271 e. The van der Waals surface area contributed by atoms with Crippen molar-refractivity contribution in [2.24, 2.45) is 0 Å². The number of hydrogen-bond acceptors (Lipinski definition) is 7. The first-order valence-electron chi connectivity index (χ1n) is 17.5. The van der Waals surface area contributed by atoms with Crippen LogP contribution in [-0.2, 0) is 22.6 Å². The van der Waals surface area contributed by atoms with Crippen molar-refractivity contribution >= 4 is 16.9 Å². The molecule has 0 aliphatic carbocycles. The Kier molecular flexibility index (Phi) is 10.7. The Morgan fingerprint density at radius 1 is 0.776 bits per heavy atom. The molecule has 7 rings (SSSR count). The van der Waals surface area contributed by atoms with E-state index in [1.165, 1.54) is 38.3 Å². The maximum atomic E-state index is 12.9. The highest BCUT2D eigenvalue weighted by Gasteiger charge is 2.33. The molecule has 2 N–H and O–H groups in total. The maximum absolute atomic E-state index is 12.9. The Bertz CT molecular complexity index is 1850. The molecule has 0 unspecified atom stereocenters. The molecule has 252 valence electrons. The zero-order valence-electron chi connectivity index (χ0n) is 27.8. The Hall–Kier alpha value is -4.47. The van der Waals surface area contributed by atoms with Crippen LogP contribution in [0.3, 0.4) is 0 Å². The number of aliphatic hydroxyl groups is 1. The molecule has 2 aliphatic rings. The molecule has 4 aromatic carbocycles. The fraction of sp³-hybridized carbons (Fsp3) is 0.341. The van der Waals surface area contributed by atoms with E-state index in [1.807, 2.05) is 48.5 Å². The van der Waals surface area contributed by atoms with Crippen molar-refractivity contribution in [2.45, 2.75) is 70.2 Å². The van der Waals surface area contributed by atoms with Gasteiger partial charge in [0.25, 0.3) is 5.91 Å². The van der Waals surface area contributed by atoms with Crippen molar-refractivity contribution < 1.29 is 19.4 Å². The molecule has 49 heavy (non-hydrogen) atoms. The summed E-state index contributed by atoms with van der Waals surface area (Å²) in [6.07, 6.45) is 8.11. The monoisotopic (exact) mass is 656 g/mol. The Balaban J connectivity index is 1.07. The lowest BCUT2D eigenvalue weighted by molar-refractivity contribution is -0.253. The summed E-state index contributed by atoms with van der Waals surface area (Å²) in [6.45, 7) is 3.51. The van der Waals surface area contributed by atoms with Gasteiger partial charge in [-0.15, -0.1) is 0 Å². The van der Waals surface area contributed by atoms with E-state index >= 15 is 0 Å². The summed E-state index contributed by atoms with van der Waals surface area (Å²) in [4.78, 5) is 24.3. The molecule has 0 spiro atoms. The van der Waals surface area contributed by atoms with Crippen molar-refractivity contribution in [2.75, 3.05) is 19.6 Å². The van der Waals surface area contributed by atoms with E-state index in [0.717, 1.165) is 65.0 Å². The van der Waals surface area contributed by atoms with Gasteiger partial charge in [0.15, 0.2) is 6.29 Å². The van der Waals surface area contributed by atoms with E-state index in [9.17, 15) is 9.90 Å². The lowest BCUT2D eigenvalue weighted by Crippen LogP contribution is -2.40. The molecule has 3 atom stereocenters.